The van der Waals surface area contributed by atoms with Gasteiger partial charge in [-0.2, -0.15) is 0 Å². The average molecular weight is 280 g/mol. The number of hydrogen-bond donors (Lipinski definition) is 0. The smallest absolute Gasteiger partial charge is 0.130 e. The maximum Gasteiger partial charge on any atom is 0.130 e. The van der Waals surface area contributed by atoms with Crippen LogP contribution in [0.2, 0.25) is 0 Å². The van der Waals surface area contributed by atoms with Gasteiger partial charge in [-0.25, -0.2) is 4.39 Å². The summed E-state index contributed by atoms with van der Waals surface area (Å²) in [5.41, 5.74) is 1.15. The van der Waals surface area contributed by atoms with E-state index < -0.39 is 0 Å². The fourth-order valence-corrected chi connectivity index (χ4v) is 2.13. The van der Waals surface area contributed by atoms with Crippen LogP contribution in [0.15, 0.2) is 12.1 Å². The summed E-state index contributed by atoms with van der Waals surface area (Å²) in [6, 6.07) is 3.52. The zero-order chi connectivity index (χ0) is 15.9. The molecule has 0 unspecified atom stereocenters. The molecule has 0 amide bonds. The normalized spacial score (nSPS) is 13.5. The van der Waals surface area contributed by atoms with Crippen LogP contribution >= 0.6 is 0 Å². The second kappa shape index (κ2) is 5.05. The van der Waals surface area contributed by atoms with Gasteiger partial charge in [0.2, 0.25) is 0 Å². The van der Waals surface area contributed by atoms with E-state index in [0.29, 0.717) is 5.75 Å². The van der Waals surface area contributed by atoms with Gasteiger partial charge >= 0.3 is 0 Å². The molecular weight excluding hydrogens is 251 g/mol. The maximum absolute atomic E-state index is 14.4. The summed E-state index contributed by atoms with van der Waals surface area (Å²) >= 11 is 0. The number of hydrogen-bond acceptors (Lipinski definition) is 1. The molecule has 0 spiro atoms. The third-order valence-corrected chi connectivity index (χ3v) is 3.10. The Morgan fingerprint density at radius 1 is 0.750 bits per heavy atom. The van der Waals surface area contributed by atoms with Gasteiger partial charge in [-0.1, -0.05) is 41.5 Å². The number of rotatable bonds is 1. The summed E-state index contributed by atoms with van der Waals surface area (Å²) in [5.74, 6) is 0.459. The van der Waals surface area contributed by atoms with Crippen LogP contribution in [0.3, 0.4) is 0 Å². The first kappa shape index (κ1) is 17.0. The number of ether oxygens (including phenoxy) is 1. The van der Waals surface area contributed by atoms with Crippen LogP contribution < -0.4 is 4.74 Å². The highest BCUT2D eigenvalue weighted by molar-refractivity contribution is 5.44. The first-order chi connectivity index (χ1) is 8.72. The van der Waals surface area contributed by atoms with E-state index in [1.165, 1.54) is 0 Å². The van der Waals surface area contributed by atoms with Crippen molar-refractivity contribution in [2.75, 3.05) is 0 Å². The molecule has 20 heavy (non-hydrogen) atoms. The van der Waals surface area contributed by atoms with Crippen molar-refractivity contribution in [1.82, 2.24) is 0 Å². The van der Waals surface area contributed by atoms with Gasteiger partial charge in [0.05, 0.1) is 0 Å². The fraction of sp³-hybridized carbons (Fsp3) is 0.667. The van der Waals surface area contributed by atoms with Gasteiger partial charge in [0.15, 0.2) is 0 Å². The average Bonchev–Trinajstić information content (AvgIpc) is 2.09. The second-order valence-electron chi connectivity index (χ2n) is 8.54. The van der Waals surface area contributed by atoms with Gasteiger partial charge < -0.3 is 4.74 Å². The van der Waals surface area contributed by atoms with E-state index in [1.807, 2.05) is 47.6 Å². The molecular formula is C18H29FO. The van der Waals surface area contributed by atoms with Crippen LogP contribution in [-0.2, 0) is 10.8 Å². The van der Waals surface area contributed by atoms with Crippen molar-refractivity contribution in [3.8, 4) is 5.75 Å². The molecule has 0 fully saturated rings. The van der Waals surface area contributed by atoms with Crippen molar-refractivity contribution in [2.24, 2.45) is 0 Å². The lowest BCUT2D eigenvalue weighted by molar-refractivity contribution is 0.127. The van der Waals surface area contributed by atoms with Gasteiger partial charge in [0.1, 0.15) is 17.2 Å². The quantitative estimate of drug-likeness (QED) is 0.650. The Bertz CT molecular complexity index is 482. The summed E-state index contributed by atoms with van der Waals surface area (Å²) in [6.07, 6.45) is 0. The molecule has 0 heterocycles. The van der Waals surface area contributed by atoms with E-state index in [2.05, 4.69) is 20.8 Å². The third-order valence-electron chi connectivity index (χ3n) is 3.10. The maximum atomic E-state index is 14.4. The van der Waals surface area contributed by atoms with Crippen LogP contribution in [0.1, 0.15) is 73.4 Å². The third kappa shape index (κ3) is 4.22. The minimum Gasteiger partial charge on any atom is -0.488 e. The van der Waals surface area contributed by atoms with Crippen molar-refractivity contribution >= 4 is 0 Å². The molecule has 0 aliphatic rings. The van der Waals surface area contributed by atoms with E-state index in [-0.39, 0.29) is 22.2 Å². The highest BCUT2D eigenvalue weighted by Crippen LogP contribution is 2.38. The highest BCUT2D eigenvalue weighted by Gasteiger charge is 2.27. The molecule has 0 aliphatic carbocycles. The SMILES string of the molecule is CC(C)(C)Oc1cc(F)c(C(C)(C)C)cc1C(C)(C)C. The summed E-state index contributed by atoms with van der Waals surface area (Å²) in [4.78, 5) is 0. The van der Waals surface area contributed by atoms with Crippen LogP contribution in [-0.4, -0.2) is 5.60 Å². The van der Waals surface area contributed by atoms with Crippen molar-refractivity contribution in [3.63, 3.8) is 0 Å². The van der Waals surface area contributed by atoms with E-state index in [0.717, 1.165) is 11.1 Å². The summed E-state index contributed by atoms with van der Waals surface area (Å²) in [6.45, 7) is 18.4. The number of benzene rings is 1. The van der Waals surface area contributed by atoms with Crippen LogP contribution in [0.5, 0.6) is 5.75 Å². The molecule has 0 N–H and O–H groups in total. The van der Waals surface area contributed by atoms with Crippen LogP contribution in [0.4, 0.5) is 4.39 Å². The van der Waals surface area contributed by atoms with E-state index in [4.69, 9.17) is 4.74 Å². The van der Waals surface area contributed by atoms with Gasteiger partial charge in [-0.15, -0.1) is 0 Å². The van der Waals surface area contributed by atoms with Crippen LogP contribution in [0, 0.1) is 5.82 Å². The molecule has 1 rings (SSSR count). The molecule has 114 valence electrons. The minimum absolute atomic E-state index is 0.0890. The second-order valence-corrected chi connectivity index (χ2v) is 8.54. The minimum atomic E-state index is -0.338. The predicted molar refractivity (Wildman–Crippen MR) is 84.2 cm³/mol. The van der Waals surface area contributed by atoms with E-state index >= 15 is 0 Å². The Hall–Kier alpha value is -1.05. The Morgan fingerprint density at radius 2 is 1.20 bits per heavy atom. The lowest BCUT2D eigenvalue weighted by atomic mass is 9.80. The summed E-state index contributed by atoms with van der Waals surface area (Å²) < 4.78 is 20.4. The van der Waals surface area contributed by atoms with Crippen molar-refractivity contribution in [1.29, 1.82) is 0 Å². The van der Waals surface area contributed by atoms with Gasteiger partial charge in [0, 0.05) is 11.6 Å². The zero-order valence-corrected chi connectivity index (χ0v) is 14.4. The predicted octanol–water partition coefficient (Wildman–Crippen LogP) is 5.60. The highest BCUT2D eigenvalue weighted by atomic mass is 19.1. The standard InChI is InChI=1S/C18H29FO/c1-16(2,3)12-10-13(17(4,5)6)15(11-14(12)19)20-18(7,8)9/h10-11H,1-9H3. The molecule has 0 radical (unpaired) electrons. The van der Waals surface area contributed by atoms with Crippen molar-refractivity contribution < 1.29 is 9.13 Å². The molecule has 1 nitrogen and oxygen atoms in total. The molecule has 0 saturated heterocycles. The Kier molecular flexibility index (Phi) is 4.29. The fourth-order valence-electron chi connectivity index (χ4n) is 2.13. The number of halogens is 1. The molecule has 1 aromatic carbocycles. The van der Waals surface area contributed by atoms with Crippen molar-refractivity contribution in [2.45, 2.75) is 78.7 Å². The lowest BCUT2D eigenvalue weighted by Crippen LogP contribution is -2.26. The Balaban J connectivity index is 3.50. The van der Waals surface area contributed by atoms with Gasteiger partial charge in [0.25, 0.3) is 0 Å². The molecule has 2 heteroatoms. The summed E-state index contributed by atoms with van der Waals surface area (Å²) in [5, 5.41) is 0. The molecule has 0 bridgehead atoms. The van der Waals surface area contributed by atoms with E-state index in [9.17, 15) is 4.39 Å². The largest absolute Gasteiger partial charge is 0.488 e. The summed E-state index contributed by atoms with van der Waals surface area (Å²) in [7, 11) is 0. The molecule has 1 aromatic rings. The topological polar surface area (TPSA) is 9.23 Å². The van der Waals surface area contributed by atoms with E-state index in [1.54, 1.807) is 6.07 Å². The first-order valence-electron chi connectivity index (χ1n) is 7.25. The molecule has 0 aliphatic heterocycles. The Morgan fingerprint density at radius 3 is 1.55 bits per heavy atom. The lowest BCUT2D eigenvalue weighted by Gasteiger charge is -2.31. The Labute approximate surface area is 123 Å². The first-order valence-corrected chi connectivity index (χ1v) is 7.25. The van der Waals surface area contributed by atoms with Crippen LogP contribution in [0.25, 0.3) is 0 Å². The molecule has 0 atom stereocenters. The zero-order valence-electron chi connectivity index (χ0n) is 14.4. The molecule has 0 aromatic heterocycles. The van der Waals surface area contributed by atoms with Gasteiger partial charge in [-0.3, -0.25) is 0 Å². The van der Waals surface area contributed by atoms with Gasteiger partial charge in [-0.05, 0) is 43.2 Å². The monoisotopic (exact) mass is 280 g/mol. The molecule has 0 saturated carbocycles. The van der Waals surface area contributed by atoms with Crippen molar-refractivity contribution in [3.05, 3.63) is 29.1 Å².